The third-order valence-corrected chi connectivity index (χ3v) is 3.33. The number of carbonyl (C=O) groups excluding carboxylic acids is 1. The topological polar surface area (TPSA) is 67.6 Å². The molecule has 3 N–H and O–H groups in total. The van der Waals surface area contributed by atoms with E-state index in [-0.39, 0.29) is 17.6 Å². The molecule has 118 valence electrons. The van der Waals surface area contributed by atoms with Gasteiger partial charge in [-0.25, -0.2) is 4.39 Å². The molecule has 1 aromatic rings. The number of hydrogen-bond donors (Lipinski definition) is 2. The summed E-state index contributed by atoms with van der Waals surface area (Å²) >= 11 is 0. The van der Waals surface area contributed by atoms with Crippen LogP contribution in [0.1, 0.15) is 20.8 Å². The lowest BCUT2D eigenvalue weighted by molar-refractivity contribution is -0.120. The first-order valence-corrected chi connectivity index (χ1v) is 7.17. The number of carbonyl (C=O) groups is 1. The van der Waals surface area contributed by atoms with E-state index in [0.717, 1.165) is 6.54 Å². The zero-order valence-electron chi connectivity index (χ0n) is 12.9. The molecule has 0 saturated heterocycles. The van der Waals surface area contributed by atoms with Crippen LogP contribution >= 0.6 is 0 Å². The lowest BCUT2D eigenvalue weighted by Crippen LogP contribution is -2.43. The van der Waals surface area contributed by atoms with Crippen LogP contribution in [0.2, 0.25) is 0 Å². The average molecular weight is 297 g/mol. The molecule has 0 aliphatic rings. The molecule has 6 heteroatoms. The van der Waals surface area contributed by atoms with E-state index in [0.29, 0.717) is 25.4 Å². The summed E-state index contributed by atoms with van der Waals surface area (Å²) in [5, 5.41) is 2.73. The van der Waals surface area contributed by atoms with Crippen LogP contribution in [-0.2, 0) is 9.53 Å². The Morgan fingerprint density at radius 2 is 2.19 bits per heavy atom. The number of nitrogens with one attached hydrogen (secondary N) is 1. The number of amides is 1. The van der Waals surface area contributed by atoms with E-state index < -0.39 is 5.82 Å². The number of rotatable bonds is 8. The van der Waals surface area contributed by atoms with Crippen molar-refractivity contribution in [1.82, 2.24) is 4.90 Å². The van der Waals surface area contributed by atoms with Crippen LogP contribution < -0.4 is 11.1 Å². The van der Waals surface area contributed by atoms with Crippen LogP contribution in [-0.4, -0.2) is 43.2 Å². The minimum Gasteiger partial charge on any atom is -0.397 e. The summed E-state index contributed by atoms with van der Waals surface area (Å²) in [5.74, 6) is -0.600. The Labute approximate surface area is 125 Å². The molecule has 1 unspecified atom stereocenters. The summed E-state index contributed by atoms with van der Waals surface area (Å²) in [6, 6.07) is 3.60. The molecule has 0 fully saturated rings. The van der Waals surface area contributed by atoms with Crippen LogP contribution in [0.25, 0.3) is 0 Å². The van der Waals surface area contributed by atoms with Crippen LogP contribution in [0, 0.1) is 5.82 Å². The van der Waals surface area contributed by atoms with Gasteiger partial charge in [0.25, 0.3) is 0 Å². The number of hydrogen-bond acceptors (Lipinski definition) is 4. The first-order valence-electron chi connectivity index (χ1n) is 7.17. The largest absolute Gasteiger partial charge is 0.397 e. The number of nitrogens with two attached hydrogens (primary N) is 1. The summed E-state index contributed by atoms with van der Waals surface area (Å²) in [6.07, 6.45) is 0. The molecular weight excluding hydrogens is 273 g/mol. The second-order valence-corrected chi connectivity index (χ2v) is 4.72. The Morgan fingerprint density at radius 1 is 1.48 bits per heavy atom. The molecule has 1 rings (SSSR count). The van der Waals surface area contributed by atoms with Gasteiger partial charge in [0.15, 0.2) is 0 Å². The normalized spacial score (nSPS) is 12.4. The number of nitrogens with zero attached hydrogens (tertiary/aromatic N) is 1. The fourth-order valence-corrected chi connectivity index (χ4v) is 2.00. The second-order valence-electron chi connectivity index (χ2n) is 4.72. The number of ether oxygens (including phenoxy) is 1. The highest BCUT2D eigenvalue weighted by molar-refractivity contribution is 5.97. The SMILES string of the molecule is CCOCCN(CC)C(C)C(=O)Nc1ccc(F)cc1N. The first kappa shape index (κ1) is 17.4. The smallest absolute Gasteiger partial charge is 0.241 e. The van der Waals surface area contributed by atoms with Crippen molar-refractivity contribution in [3.05, 3.63) is 24.0 Å². The molecular formula is C15H24FN3O2. The Hall–Kier alpha value is -1.66. The molecule has 0 heterocycles. The van der Waals surface area contributed by atoms with Gasteiger partial charge in [-0.1, -0.05) is 6.92 Å². The molecule has 0 aromatic heterocycles. The second kappa shape index (κ2) is 8.59. The van der Waals surface area contributed by atoms with E-state index in [1.54, 1.807) is 0 Å². The van der Waals surface area contributed by atoms with Crippen molar-refractivity contribution in [2.45, 2.75) is 26.8 Å². The number of anilines is 2. The van der Waals surface area contributed by atoms with Gasteiger partial charge in [-0.15, -0.1) is 0 Å². The molecule has 0 radical (unpaired) electrons. The average Bonchev–Trinajstić information content (AvgIpc) is 2.46. The zero-order valence-corrected chi connectivity index (χ0v) is 12.9. The molecule has 21 heavy (non-hydrogen) atoms. The first-order chi connectivity index (χ1) is 9.99. The maximum Gasteiger partial charge on any atom is 0.241 e. The Balaban J connectivity index is 2.63. The number of nitrogen functional groups attached to an aromatic ring is 1. The number of benzene rings is 1. The van der Waals surface area contributed by atoms with Crippen molar-refractivity contribution in [1.29, 1.82) is 0 Å². The maximum absolute atomic E-state index is 13.0. The van der Waals surface area contributed by atoms with E-state index in [1.807, 2.05) is 25.7 Å². The van der Waals surface area contributed by atoms with Gasteiger partial charge in [-0.3, -0.25) is 9.69 Å². The molecule has 0 bridgehead atoms. The van der Waals surface area contributed by atoms with Crippen molar-refractivity contribution in [3.63, 3.8) is 0 Å². The van der Waals surface area contributed by atoms with Gasteiger partial charge in [-0.2, -0.15) is 0 Å². The monoisotopic (exact) mass is 297 g/mol. The Morgan fingerprint density at radius 3 is 2.76 bits per heavy atom. The fraction of sp³-hybridized carbons (Fsp3) is 0.533. The predicted molar refractivity (Wildman–Crippen MR) is 82.6 cm³/mol. The van der Waals surface area contributed by atoms with Crippen LogP contribution in [0.4, 0.5) is 15.8 Å². The summed E-state index contributed by atoms with van der Waals surface area (Å²) in [6.45, 7) is 8.40. The quantitative estimate of drug-likeness (QED) is 0.569. The minimum absolute atomic E-state index is 0.174. The Kier molecular flexibility index (Phi) is 7.11. The summed E-state index contributed by atoms with van der Waals surface area (Å²) in [4.78, 5) is 14.2. The summed E-state index contributed by atoms with van der Waals surface area (Å²) in [5.41, 5.74) is 6.33. The standard InChI is InChI=1S/C15H24FN3O2/c1-4-19(8-9-21-5-2)11(3)15(20)18-14-7-6-12(16)10-13(14)17/h6-7,10-11H,4-5,8-9,17H2,1-3H3,(H,18,20). The molecule has 0 saturated carbocycles. The predicted octanol–water partition coefficient (Wildman–Crippen LogP) is 2.09. The summed E-state index contributed by atoms with van der Waals surface area (Å²) < 4.78 is 18.3. The van der Waals surface area contributed by atoms with E-state index in [2.05, 4.69) is 5.32 Å². The van der Waals surface area contributed by atoms with Crippen molar-refractivity contribution < 1.29 is 13.9 Å². The van der Waals surface area contributed by atoms with Gasteiger partial charge < -0.3 is 15.8 Å². The van der Waals surface area contributed by atoms with Crippen LogP contribution in [0.3, 0.4) is 0 Å². The maximum atomic E-state index is 13.0. The molecule has 1 aromatic carbocycles. The van der Waals surface area contributed by atoms with E-state index >= 15 is 0 Å². The van der Waals surface area contributed by atoms with Crippen molar-refractivity contribution in [2.75, 3.05) is 37.4 Å². The fourth-order valence-electron chi connectivity index (χ4n) is 2.00. The molecule has 0 aliphatic carbocycles. The Bertz CT molecular complexity index is 468. The van der Waals surface area contributed by atoms with Gasteiger partial charge in [0, 0.05) is 13.2 Å². The van der Waals surface area contributed by atoms with Gasteiger partial charge in [0.2, 0.25) is 5.91 Å². The van der Waals surface area contributed by atoms with E-state index in [1.165, 1.54) is 18.2 Å². The molecule has 1 amide bonds. The van der Waals surface area contributed by atoms with E-state index in [9.17, 15) is 9.18 Å². The highest BCUT2D eigenvalue weighted by Crippen LogP contribution is 2.19. The third kappa shape index (κ3) is 5.32. The molecule has 1 atom stereocenters. The van der Waals surface area contributed by atoms with Crippen molar-refractivity contribution >= 4 is 17.3 Å². The lowest BCUT2D eigenvalue weighted by Gasteiger charge is -2.26. The molecule has 0 spiro atoms. The van der Waals surface area contributed by atoms with Crippen LogP contribution in [0.5, 0.6) is 0 Å². The van der Waals surface area contributed by atoms with Crippen molar-refractivity contribution in [2.24, 2.45) is 0 Å². The van der Waals surface area contributed by atoms with E-state index in [4.69, 9.17) is 10.5 Å². The highest BCUT2D eigenvalue weighted by Gasteiger charge is 2.20. The lowest BCUT2D eigenvalue weighted by atomic mass is 10.2. The molecule has 5 nitrogen and oxygen atoms in total. The highest BCUT2D eigenvalue weighted by atomic mass is 19.1. The third-order valence-electron chi connectivity index (χ3n) is 3.33. The summed E-state index contributed by atoms with van der Waals surface area (Å²) in [7, 11) is 0. The van der Waals surface area contributed by atoms with Gasteiger partial charge in [0.1, 0.15) is 5.82 Å². The van der Waals surface area contributed by atoms with Gasteiger partial charge >= 0.3 is 0 Å². The minimum atomic E-state index is -0.426. The number of halogens is 1. The van der Waals surface area contributed by atoms with Crippen LogP contribution in [0.15, 0.2) is 18.2 Å². The number of likely N-dealkylation sites (N-methyl/N-ethyl adjacent to an activating group) is 1. The van der Waals surface area contributed by atoms with Gasteiger partial charge in [0.05, 0.1) is 24.0 Å². The van der Waals surface area contributed by atoms with Gasteiger partial charge in [-0.05, 0) is 38.6 Å². The zero-order chi connectivity index (χ0) is 15.8. The van der Waals surface area contributed by atoms with Crippen molar-refractivity contribution in [3.8, 4) is 0 Å². The molecule has 0 aliphatic heterocycles.